The van der Waals surface area contributed by atoms with Crippen LogP contribution in [-0.4, -0.2) is 16.9 Å². The maximum absolute atomic E-state index is 13.0. The summed E-state index contributed by atoms with van der Waals surface area (Å²) in [4.78, 5) is 22.7. The molecule has 28 heavy (non-hydrogen) atoms. The first-order chi connectivity index (χ1) is 13.4. The molecule has 1 amide bonds. The minimum atomic E-state index is -0.538. The minimum Gasteiger partial charge on any atom is -0.451 e. The van der Waals surface area contributed by atoms with Crippen LogP contribution in [0.25, 0.3) is 11.3 Å². The zero-order valence-electron chi connectivity index (χ0n) is 14.4. The molecule has 0 bridgehead atoms. The molecule has 142 valence electrons. The number of nitro groups is 1. The summed E-state index contributed by atoms with van der Waals surface area (Å²) in [6.07, 6.45) is 0.777. The molecule has 1 aromatic heterocycles. The number of benzene rings is 2. The Morgan fingerprint density at radius 1 is 1.18 bits per heavy atom. The summed E-state index contributed by atoms with van der Waals surface area (Å²) >= 11 is 6.10. The van der Waals surface area contributed by atoms with Gasteiger partial charge in [0, 0.05) is 29.7 Å². The van der Waals surface area contributed by atoms with E-state index in [1.54, 1.807) is 18.2 Å². The summed E-state index contributed by atoms with van der Waals surface area (Å²) in [6, 6.07) is 13.4. The van der Waals surface area contributed by atoms with Crippen molar-refractivity contribution in [1.29, 1.82) is 0 Å². The summed E-state index contributed by atoms with van der Waals surface area (Å²) in [5.41, 5.74) is 1.31. The van der Waals surface area contributed by atoms with Gasteiger partial charge in [-0.1, -0.05) is 23.7 Å². The third-order valence-electron chi connectivity index (χ3n) is 4.66. The Balaban J connectivity index is 1.44. The van der Waals surface area contributed by atoms with Gasteiger partial charge in [0.25, 0.3) is 11.6 Å². The monoisotopic (exact) mass is 400 g/mol. The summed E-state index contributed by atoms with van der Waals surface area (Å²) in [5, 5.41) is 13.8. The number of amides is 1. The van der Waals surface area contributed by atoms with Gasteiger partial charge in [-0.05, 0) is 42.3 Å². The fourth-order valence-corrected chi connectivity index (χ4v) is 3.36. The number of hydrogen-bond acceptors (Lipinski definition) is 4. The highest BCUT2D eigenvalue weighted by Gasteiger charge is 2.40. The Bertz CT molecular complexity index is 1060. The van der Waals surface area contributed by atoms with Gasteiger partial charge in [-0.25, -0.2) is 4.39 Å². The van der Waals surface area contributed by atoms with Gasteiger partial charge in [-0.15, -0.1) is 0 Å². The number of nitrogens with one attached hydrogen (secondary N) is 1. The average Bonchev–Trinajstić information content (AvgIpc) is 3.25. The maximum Gasteiger partial charge on any atom is 0.287 e. The van der Waals surface area contributed by atoms with Crippen LogP contribution < -0.4 is 5.32 Å². The van der Waals surface area contributed by atoms with Gasteiger partial charge >= 0.3 is 0 Å². The van der Waals surface area contributed by atoms with Crippen molar-refractivity contribution < 1.29 is 18.5 Å². The first kappa shape index (κ1) is 18.2. The lowest BCUT2D eigenvalue weighted by Crippen LogP contribution is -2.26. The van der Waals surface area contributed by atoms with Crippen LogP contribution in [0.4, 0.5) is 10.1 Å². The van der Waals surface area contributed by atoms with E-state index in [1.165, 1.54) is 36.4 Å². The zero-order chi connectivity index (χ0) is 19.8. The van der Waals surface area contributed by atoms with Crippen molar-refractivity contribution in [2.45, 2.75) is 18.4 Å². The molecule has 1 saturated carbocycles. The Hall–Kier alpha value is -3.19. The predicted octanol–water partition coefficient (Wildman–Crippen LogP) is 4.93. The lowest BCUT2D eigenvalue weighted by atomic mass is 10.1. The molecule has 1 aliphatic carbocycles. The maximum atomic E-state index is 13.0. The van der Waals surface area contributed by atoms with E-state index in [0.717, 1.165) is 12.0 Å². The Labute approximate surface area is 164 Å². The lowest BCUT2D eigenvalue weighted by Gasteiger charge is -2.04. The second kappa shape index (κ2) is 7.09. The zero-order valence-corrected chi connectivity index (χ0v) is 15.2. The molecule has 2 atom stereocenters. The van der Waals surface area contributed by atoms with Crippen molar-refractivity contribution in [2.24, 2.45) is 0 Å². The molecule has 0 radical (unpaired) electrons. The SMILES string of the molecule is O=C(NC1CC1c1ccc(F)cc1)c1ccc(-c2ccc([N+](=O)[O-])cc2Cl)o1. The van der Waals surface area contributed by atoms with Gasteiger partial charge in [0.2, 0.25) is 0 Å². The minimum absolute atomic E-state index is 0.0329. The van der Waals surface area contributed by atoms with E-state index >= 15 is 0 Å². The number of nitro benzene ring substituents is 1. The number of nitrogens with zero attached hydrogens (tertiary/aromatic N) is 1. The van der Waals surface area contributed by atoms with Crippen LogP contribution in [0.1, 0.15) is 28.5 Å². The van der Waals surface area contributed by atoms with Crippen LogP contribution in [0.5, 0.6) is 0 Å². The first-order valence-electron chi connectivity index (χ1n) is 8.53. The molecule has 2 aromatic carbocycles. The van der Waals surface area contributed by atoms with Crippen molar-refractivity contribution in [3.05, 3.63) is 86.9 Å². The van der Waals surface area contributed by atoms with Crippen molar-refractivity contribution >= 4 is 23.2 Å². The van der Waals surface area contributed by atoms with Gasteiger partial charge in [0.1, 0.15) is 11.6 Å². The van der Waals surface area contributed by atoms with Crippen molar-refractivity contribution in [3.8, 4) is 11.3 Å². The summed E-state index contributed by atoms with van der Waals surface area (Å²) in [5.74, 6) is -0.0369. The fraction of sp³-hybridized carbons (Fsp3) is 0.150. The summed E-state index contributed by atoms with van der Waals surface area (Å²) in [6.45, 7) is 0. The molecule has 1 N–H and O–H groups in total. The number of halogens is 2. The Morgan fingerprint density at radius 3 is 2.61 bits per heavy atom. The van der Waals surface area contributed by atoms with E-state index in [4.69, 9.17) is 16.0 Å². The first-order valence-corrected chi connectivity index (χ1v) is 8.90. The molecule has 6 nitrogen and oxygen atoms in total. The van der Waals surface area contributed by atoms with Gasteiger partial charge in [0.05, 0.1) is 9.95 Å². The van der Waals surface area contributed by atoms with E-state index in [2.05, 4.69) is 5.32 Å². The highest BCUT2D eigenvalue weighted by Crippen LogP contribution is 2.41. The van der Waals surface area contributed by atoms with Crippen LogP contribution >= 0.6 is 11.6 Å². The van der Waals surface area contributed by atoms with E-state index in [9.17, 15) is 19.3 Å². The number of non-ortho nitro benzene ring substituents is 1. The standard InChI is InChI=1S/C20H14ClFN2O4/c21-16-9-13(24(26)27)5-6-14(16)18-7-8-19(28-18)20(25)23-17-10-15(17)11-1-3-12(22)4-2-11/h1-9,15,17H,10H2,(H,23,25). The third-order valence-corrected chi connectivity index (χ3v) is 4.98. The van der Waals surface area contributed by atoms with E-state index in [0.29, 0.717) is 11.3 Å². The van der Waals surface area contributed by atoms with Crippen molar-refractivity contribution in [1.82, 2.24) is 5.32 Å². The normalized spacial score (nSPS) is 17.9. The van der Waals surface area contributed by atoms with Crippen LogP contribution in [0, 0.1) is 15.9 Å². The number of rotatable bonds is 5. The molecule has 1 heterocycles. The smallest absolute Gasteiger partial charge is 0.287 e. The van der Waals surface area contributed by atoms with Crippen LogP contribution in [0.15, 0.2) is 59.0 Å². The van der Waals surface area contributed by atoms with Gasteiger partial charge in [-0.2, -0.15) is 0 Å². The van der Waals surface area contributed by atoms with Gasteiger partial charge < -0.3 is 9.73 Å². The molecule has 8 heteroatoms. The van der Waals surface area contributed by atoms with Gasteiger partial charge in [-0.3, -0.25) is 14.9 Å². The third kappa shape index (κ3) is 3.61. The number of furan rings is 1. The average molecular weight is 401 g/mol. The number of carbonyl (C=O) groups excluding carboxylic acids is 1. The van der Waals surface area contributed by atoms with E-state index in [1.807, 2.05) is 0 Å². The Morgan fingerprint density at radius 2 is 1.93 bits per heavy atom. The number of carbonyl (C=O) groups is 1. The van der Waals surface area contributed by atoms with Crippen LogP contribution in [-0.2, 0) is 0 Å². The summed E-state index contributed by atoms with van der Waals surface area (Å²) < 4.78 is 18.6. The van der Waals surface area contributed by atoms with Crippen LogP contribution in [0.3, 0.4) is 0 Å². The topological polar surface area (TPSA) is 85.4 Å². The van der Waals surface area contributed by atoms with E-state index in [-0.39, 0.29) is 40.2 Å². The molecule has 3 aromatic rings. The highest BCUT2D eigenvalue weighted by molar-refractivity contribution is 6.33. The van der Waals surface area contributed by atoms with E-state index < -0.39 is 4.92 Å². The van der Waals surface area contributed by atoms with Gasteiger partial charge in [0.15, 0.2) is 5.76 Å². The molecule has 0 saturated heterocycles. The quantitative estimate of drug-likeness (QED) is 0.486. The predicted molar refractivity (Wildman–Crippen MR) is 101 cm³/mol. The second-order valence-electron chi connectivity index (χ2n) is 6.56. The lowest BCUT2D eigenvalue weighted by molar-refractivity contribution is -0.384. The van der Waals surface area contributed by atoms with Crippen molar-refractivity contribution in [2.75, 3.05) is 0 Å². The largest absolute Gasteiger partial charge is 0.451 e. The fourth-order valence-electron chi connectivity index (χ4n) is 3.09. The Kier molecular flexibility index (Phi) is 4.60. The molecular weight excluding hydrogens is 387 g/mol. The molecule has 0 aliphatic heterocycles. The molecule has 0 spiro atoms. The molecule has 2 unspecified atom stereocenters. The molecular formula is C20H14ClFN2O4. The molecule has 4 rings (SSSR count). The summed E-state index contributed by atoms with van der Waals surface area (Å²) in [7, 11) is 0. The molecule has 1 fully saturated rings. The highest BCUT2D eigenvalue weighted by atomic mass is 35.5. The van der Waals surface area contributed by atoms with Crippen LogP contribution in [0.2, 0.25) is 5.02 Å². The number of hydrogen-bond donors (Lipinski definition) is 1. The van der Waals surface area contributed by atoms with Crippen molar-refractivity contribution in [3.63, 3.8) is 0 Å². The molecule has 1 aliphatic rings. The second-order valence-corrected chi connectivity index (χ2v) is 6.97.